The lowest BCUT2D eigenvalue weighted by Crippen LogP contribution is -2.36. The Morgan fingerprint density at radius 2 is 2.21 bits per heavy atom. The molecule has 1 aliphatic heterocycles. The van der Waals surface area contributed by atoms with Crippen molar-refractivity contribution in [3.8, 4) is 5.75 Å². The molecule has 1 fully saturated rings. The minimum atomic E-state index is -0.0551. The van der Waals surface area contributed by atoms with Gasteiger partial charge < -0.3 is 29.7 Å². The minimum Gasteiger partial charge on any atom is -0.493 e. The molecule has 28 heavy (non-hydrogen) atoms. The maximum Gasteiger partial charge on any atom is 0.243 e. The quantitative estimate of drug-likeness (QED) is 0.357. The van der Waals surface area contributed by atoms with Crippen LogP contribution >= 0.6 is 0 Å². The van der Waals surface area contributed by atoms with Crippen LogP contribution in [0, 0.1) is 5.92 Å². The van der Waals surface area contributed by atoms with Gasteiger partial charge in [-0.25, -0.2) is 4.99 Å². The smallest absolute Gasteiger partial charge is 0.243 e. The molecule has 0 bridgehead atoms. The predicted molar refractivity (Wildman–Crippen MR) is 110 cm³/mol. The molecule has 1 aromatic carbocycles. The van der Waals surface area contributed by atoms with Crippen LogP contribution in [0.5, 0.6) is 5.75 Å². The van der Waals surface area contributed by atoms with Crippen molar-refractivity contribution in [1.82, 2.24) is 10.2 Å². The van der Waals surface area contributed by atoms with Crippen molar-refractivity contribution < 1.29 is 19.0 Å². The second kappa shape index (κ2) is 12.2. The van der Waals surface area contributed by atoms with E-state index in [9.17, 15) is 4.79 Å². The van der Waals surface area contributed by atoms with Crippen molar-refractivity contribution in [3.63, 3.8) is 0 Å². The first-order chi connectivity index (χ1) is 13.6. The normalized spacial score (nSPS) is 16.7. The van der Waals surface area contributed by atoms with Gasteiger partial charge in [-0.15, -0.1) is 0 Å². The Balaban J connectivity index is 1.97. The standard InChI is InChI=1S/C20H32N4O4/c1-24(2)19(25)14-22-20(21-13-16-8-11-27-15-16)23-17-6-4-7-18(12-17)28-10-5-9-26-3/h4,6-7,12,16H,5,8-11,13-15H2,1-3H3,(H2,21,22,23). The molecule has 0 saturated carbocycles. The van der Waals surface area contributed by atoms with Gasteiger partial charge in [-0.05, 0) is 18.6 Å². The van der Waals surface area contributed by atoms with Crippen molar-refractivity contribution in [2.45, 2.75) is 12.8 Å². The molecule has 1 aromatic rings. The molecule has 2 N–H and O–H groups in total. The number of rotatable bonds is 10. The molecule has 0 radical (unpaired) electrons. The monoisotopic (exact) mass is 392 g/mol. The summed E-state index contributed by atoms with van der Waals surface area (Å²) in [5.41, 5.74) is 0.843. The number of hydrogen-bond donors (Lipinski definition) is 2. The molecule has 8 heteroatoms. The zero-order valence-corrected chi connectivity index (χ0v) is 17.1. The van der Waals surface area contributed by atoms with Crippen molar-refractivity contribution in [1.29, 1.82) is 0 Å². The van der Waals surface area contributed by atoms with E-state index >= 15 is 0 Å². The van der Waals surface area contributed by atoms with E-state index in [4.69, 9.17) is 14.2 Å². The summed E-state index contributed by atoms with van der Waals surface area (Å²) < 4.78 is 16.2. The van der Waals surface area contributed by atoms with Crippen molar-refractivity contribution in [3.05, 3.63) is 24.3 Å². The van der Waals surface area contributed by atoms with Crippen LogP contribution in [0.1, 0.15) is 12.8 Å². The van der Waals surface area contributed by atoms with Gasteiger partial charge in [-0.1, -0.05) is 6.07 Å². The molecule has 1 aliphatic rings. The largest absolute Gasteiger partial charge is 0.493 e. The fraction of sp³-hybridized carbons (Fsp3) is 0.600. The summed E-state index contributed by atoms with van der Waals surface area (Å²) in [5.74, 6) is 1.74. The Bertz CT molecular complexity index is 630. The summed E-state index contributed by atoms with van der Waals surface area (Å²) >= 11 is 0. The molecule has 1 atom stereocenters. The third kappa shape index (κ3) is 8.14. The third-order valence-electron chi connectivity index (χ3n) is 4.31. The molecule has 0 spiro atoms. The number of ether oxygens (including phenoxy) is 3. The van der Waals surface area contributed by atoms with Crippen LogP contribution in [-0.2, 0) is 14.3 Å². The summed E-state index contributed by atoms with van der Waals surface area (Å²) in [6.45, 7) is 3.64. The second-order valence-electron chi connectivity index (χ2n) is 6.91. The topological polar surface area (TPSA) is 84.4 Å². The highest BCUT2D eigenvalue weighted by molar-refractivity contribution is 5.95. The van der Waals surface area contributed by atoms with Crippen molar-refractivity contribution >= 4 is 17.6 Å². The summed E-state index contributed by atoms with van der Waals surface area (Å²) in [6.07, 6.45) is 1.86. The molecule has 1 saturated heterocycles. The third-order valence-corrected chi connectivity index (χ3v) is 4.31. The number of nitrogens with zero attached hydrogens (tertiary/aromatic N) is 2. The van der Waals surface area contributed by atoms with Crippen molar-refractivity contribution in [2.24, 2.45) is 10.9 Å². The van der Waals surface area contributed by atoms with E-state index in [1.54, 1.807) is 21.2 Å². The Morgan fingerprint density at radius 1 is 1.36 bits per heavy atom. The van der Waals surface area contributed by atoms with Gasteiger partial charge in [0.05, 0.1) is 13.2 Å². The van der Waals surface area contributed by atoms with Gasteiger partial charge in [0.15, 0.2) is 5.96 Å². The predicted octanol–water partition coefficient (Wildman–Crippen LogP) is 1.58. The van der Waals surface area contributed by atoms with E-state index in [-0.39, 0.29) is 12.5 Å². The Morgan fingerprint density at radius 3 is 2.93 bits per heavy atom. The SMILES string of the molecule is COCCCOc1cccc(NC(=NCC(=O)N(C)C)NCC2CCOC2)c1. The number of benzene rings is 1. The molecular weight excluding hydrogens is 360 g/mol. The molecule has 1 unspecified atom stereocenters. The van der Waals surface area contributed by atoms with E-state index in [2.05, 4.69) is 15.6 Å². The van der Waals surface area contributed by atoms with Gasteiger partial charge >= 0.3 is 0 Å². The lowest BCUT2D eigenvalue weighted by molar-refractivity contribution is -0.127. The maximum absolute atomic E-state index is 11.9. The number of hydrogen-bond acceptors (Lipinski definition) is 5. The molecule has 156 valence electrons. The fourth-order valence-corrected chi connectivity index (χ4v) is 2.61. The lowest BCUT2D eigenvalue weighted by Gasteiger charge is -2.16. The molecule has 0 aromatic heterocycles. The van der Waals surface area contributed by atoms with Crippen LogP contribution in [0.25, 0.3) is 0 Å². The highest BCUT2D eigenvalue weighted by Gasteiger charge is 2.16. The number of amides is 1. The molecule has 2 rings (SSSR count). The van der Waals surface area contributed by atoms with Crippen LogP contribution in [0.15, 0.2) is 29.3 Å². The van der Waals surface area contributed by atoms with Crippen LogP contribution in [-0.4, -0.2) is 77.5 Å². The first-order valence-corrected chi connectivity index (χ1v) is 9.63. The minimum absolute atomic E-state index is 0.0551. The van der Waals surface area contributed by atoms with Gasteiger partial charge in [-0.2, -0.15) is 0 Å². The molecular formula is C20H32N4O4. The maximum atomic E-state index is 11.9. The number of carbonyl (C=O) groups excluding carboxylic acids is 1. The van der Waals surface area contributed by atoms with Crippen LogP contribution in [0.3, 0.4) is 0 Å². The zero-order valence-electron chi connectivity index (χ0n) is 17.1. The van der Waals surface area contributed by atoms with E-state index < -0.39 is 0 Å². The molecule has 0 aliphatic carbocycles. The molecule has 1 amide bonds. The van der Waals surface area contributed by atoms with Gasteiger partial charge in [0.25, 0.3) is 0 Å². The van der Waals surface area contributed by atoms with Crippen LogP contribution < -0.4 is 15.4 Å². The average molecular weight is 393 g/mol. The van der Waals surface area contributed by atoms with E-state index in [1.165, 1.54) is 4.90 Å². The first kappa shape index (κ1) is 22.0. The Kier molecular flexibility index (Phi) is 9.57. The molecule has 1 heterocycles. The number of aliphatic imine (C=N–C) groups is 1. The number of nitrogens with one attached hydrogen (secondary N) is 2. The van der Waals surface area contributed by atoms with Gasteiger partial charge in [-0.3, -0.25) is 4.79 Å². The summed E-state index contributed by atoms with van der Waals surface area (Å²) in [5, 5.41) is 6.58. The van der Waals surface area contributed by atoms with Crippen LogP contribution in [0.2, 0.25) is 0 Å². The highest BCUT2D eigenvalue weighted by Crippen LogP contribution is 2.18. The zero-order chi connectivity index (χ0) is 20.2. The lowest BCUT2D eigenvalue weighted by atomic mass is 10.1. The Labute approximate surface area is 167 Å². The highest BCUT2D eigenvalue weighted by atomic mass is 16.5. The number of likely N-dealkylation sites (N-methyl/N-ethyl adjacent to an activating group) is 1. The van der Waals surface area contributed by atoms with Crippen molar-refractivity contribution in [2.75, 3.05) is 66.0 Å². The number of carbonyl (C=O) groups is 1. The Hall–Kier alpha value is -2.32. The summed E-state index contributed by atoms with van der Waals surface area (Å²) in [6, 6.07) is 7.68. The van der Waals surface area contributed by atoms with Gasteiger partial charge in [0.1, 0.15) is 12.3 Å². The van der Waals surface area contributed by atoms with E-state index in [0.717, 1.165) is 44.0 Å². The average Bonchev–Trinajstić information content (AvgIpc) is 3.21. The number of guanidine groups is 1. The van der Waals surface area contributed by atoms with Gasteiger partial charge in [0, 0.05) is 65.1 Å². The fourth-order valence-electron chi connectivity index (χ4n) is 2.61. The second-order valence-corrected chi connectivity index (χ2v) is 6.91. The summed E-state index contributed by atoms with van der Waals surface area (Å²) in [7, 11) is 5.12. The number of anilines is 1. The van der Waals surface area contributed by atoms with E-state index in [0.29, 0.717) is 25.1 Å². The first-order valence-electron chi connectivity index (χ1n) is 9.63. The van der Waals surface area contributed by atoms with E-state index in [1.807, 2.05) is 24.3 Å². The molecule has 8 nitrogen and oxygen atoms in total. The summed E-state index contributed by atoms with van der Waals surface area (Å²) in [4.78, 5) is 17.8. The van der Waals surface area contributed by atoms with Crippen LogP contribution in [0.4, 0.5) is 5.69 Å². The van der Waals surface area contributed by atoms with Gasteiger partial charge in [0.2, 0.25) is 5.91 Å². The number of methoxy groups -OCH3 is 1.